The number of anilines is 1. The predicted octanol–water partition coefficient (Wildman–Crippen LogP) is 1.71. The first-order valence-corrected chi connectivity index (χ1v) is 7.54. The van der Waals surface area contributed by atoms with E-state index >= 15 is 0 Å². The Morgan fingerprint density at radius 2 is 2.18 bits per heavy atom. The van der Waals surface area contributed by atoms with Crippen molar-refractivity contribution in [1.29, 1.82) is 0 Å². The summed E-state index contributed by atoms with van der Waals surface area (Å²) in [5.74, 6) is 1.44. The van der Waals surface area contributed by atoms with Gasteiger partial charge in [0, 0.05) is 20.0 Å². The first-order chi connectivity index (χ1) is 10.6. The first-order valence-electron chi connectivity index (χ1n) is 7.54. The van der Waals surface area contributed by atoms with E-state index in [1.165, 1.54) is 13.4 Å². The van der Waals surface area contributed by atoms with Crippen LogP contribution in [0.25, 0.3) is 11.2 Å². The molecule has 116 valence electrons. The Bertz CT molecular complexity index is 733. The van der Waals surface area contributed by atoms with Crippen LogP contribution in [-0.4, -0.2) is 41.1 Å². The van der Waals surface area contributed by atoms with Gasteiger partial charge in [0.05, 0.1) is 13.0 Å². The number of piperidine rings is 1. The average molecular weight is 302 g/mol. The smallest absolute Gasteiger partial charge is 0.309 e. The first kappa shape index (κ1) is 13.5. The maximum absolute atomic E-state index is 11.7. The van der Waals surface area contributed by atoms with Crippen molar-refractivity contribution in [3.05, 3.63) is 12.2 Å². The van der Waals surface area contributed by atoms with E-state index in [9.17, 15) is 4.79 Å². The van der Waals surface area contributed by atoms with Gasteiger partial charge in [0.1, 0.15) is 6.33 Å². The normalized spacial score (nSPS) is 23.0. The predicted molar refractivity (Wildman–Crippen MR) is 78.3 cm³/mol. The van der Waals surface area contributed by atoms with E-state index in [0.29, 0.717) is 11.6 Å². The SMILES string of the molecule is COC(=O)C1CC12CCN(c1ncnc3oc(C)nc13)CC2. The number of esters is 1. The maximum Gasteiger partial charge on any atom is 0.309 e. The minimum Gasteiger partial charge on any atom is -0.469 e. The fourth-order valence-electron chi connectivity index (χ4n) is 3.62. The van der Waals surface area contributed by atoms with Crippen molar-refractivity contribution in [2.24, 2.45) is 11.3 Å². The third-order valence-corrected chi connectivity index (χ3v) is 5.02. The molecule has 4 rings (SSSR count). The third-order valence-electron chi connectivity index (χ3n) is 5.02. The number of carbonyl (C=O) groups excluding carboxylic acids is 1. The molecule has 3 heterocycles. The molecular formula is C15H18N4O3. The Kier molecular flexibility index (Phi) is 2.85. The van der Waals surface area contributed by atoms with E-state index in [0.717, 1.165) is 43.7 Å². The van der Waals surface area contributed by atoms with E-state index in [4.69, 9.17) is 9.15 Å². The van der Waals surface area contributed by atoms with Crippen LogP contribution in [0.3, 0.4) is 0 Å². The molecule has 7 nitrogen and oxygen atoms in total. The second-order valence-corrected chi connectivity index (χ2v) is 6.21. The fourth-order valence-corrected chi connectivity index (χ4v) is 3.62. The molecule has 1 unspecified atom stereocenters. The number of aromatic nitrogens is 3. The standard InChI is InChI=1S/C15H18N4O3/c1-9-18-11-12(16-8-17-13(11)22-9)19-5-3-15(4-6-19)7-10(15)14(20)21-2/h8,10H,3-7H2,1-2H3. The Hall–Kier alpha value is -2.18. The number of nitrogens with zero attached hydrogens (tertiary/aromatic N) is 4. The second kappa shape index (κ2) is 4.66. The summed E-state index contributed by atoms with van der Waals surface area (Å²) in [6.07, 6.45) is 4.43. The molecule has 0 aromatic carbocycles. The zero-order valence-electron chi connectivity index (χ0n) is 12.7. The molecule has 1 saturated heterocycles. The Labute approximate surface area is 127 Å². The minimum absolute atomic E-state index is 0.0648. The van der Waals surface area contributed by atoms with E-state index in [1.54, 1.807) is 0 Å². The van der Waals surface area contributed by atoms with Crippen LogP contribution >= 0.6 is 0 Å². The highest BCUT2D eigenvalue weighted by atomic mass is 16.5. The molecule has 1 saturated carbocycles. The van der Waals surface area contributed by atoms with Crippen LogP contribution < -0.4 is 4.90 Å². The van der Waals surface area contributed by atoms with Crippen LogP contribution in [0.5, 0.6) is 0 Å². The Morgan fingerprint density at radius 1 is 1.41 bits per heavy atom. The fraction of sp³-hybridized carbons (Fsp3) is 0.600. The van der Waals surface area contributed by atoms with Gasteiger partial charge >= 0.3 is 5.97 Å². The summed E-state index contributed by atoms with van der Waals surface area (Å²) in [6, 6.07) is 0. The Morgan fingerprint density at radius 3 is 2.91 bits per heavy atom. The summed E-state index contributed by atoms with van der Waals surface area (Å²) in [5, 5.41) is 0. The molecule has 0 amide bonds. The molecule has 2 aromatic heterocycles. The molecule has 22 heavy (non-hydrogen) atoms. The average Bonchev–Trinajstić information content (AvgIpc) is 3.08. The zero-order valence-corrected chi connectivity index (χ0v) is 12.7. The lowest BCUT2D eigenvalue weighted by Gasteiger charge is -2.33. The van der Waals surface area contributed by atoms with Gasteiger partial charge in [-0.25, -0.2) is 9.97 Å². The molecule has 2 fully saturated rings. The van der Waals surface area contributed by atoms with Gasteiger partial charge in [-0.05, 0) is 24.7 Å². The molecule has 1 atom stereocenters. The van der Waals surface area contributed by atoms with Crippen LogP contribution in [-0.2, 0) is 9.53 Å². The number of carbonyl (C=O) groups is 1. The maximum atomic E-state index is 11.7. The lowest BCUT2D eigenvalue weighted by atomic mass is 9.91. The molecule has 0 N–H and O–H groups in total. The van der Waals surface area contributed by atoms with Crippen molar-refractivity contribution in [1.82, 2.24) is 15.0 Å². The van der Waals surface area contributed by atoms with Crippen molar-refractivity contribution in [3.63, 3.8) is 0 Å². The Balaban J connectivity index is 1.53. The van der Waals surface area contributed by atoms with Crippen LogP contribution in [0, 0.1) is 18.3 Å². The molecule has 1 aliphatic carbocycles. The second-order valence-electron chi connectivity index (χ2n) is 6.21. The van der Waals surface area contributed by atoms with E-state index < -0.39 is 0 Å². The van der Waals surface area contributed by atoms with Crippen molar-refractivity contribution < 1.29 is 13.9 Å². The summed E-state index contributed by atoms with van der Waals surface area (Å²) in [7, 11) is 1.47. The summed E-state index contributed by atoms with van der Waals surface area (Å²) in [4.78, 5) is 26.8. The lowest BCUT2D eigenvalue weighted by Crippen LogP contribution is -2.36. The van der Waals surface area contributed by atoms with Gasteiger partial charge in [-0.3, -0.25) is 4.79 Å². The van der Waals surface area contributed by atoms with Gasteiger partial charge in [0.2, 0.25) is 0 Å². The van der Waals surface area contributed by atoms with E-state index in [2.05, 4.69) is 19.9 Å². The van der Waals surface area contributed by atoms with Gasteiger partial charge < -0.3 is 14.1 Å². The topological polar surface area (TPSA) is 81.4 Å². The molecule has 2 aliphatic rings. The molecule has 1 aliphatic heterocycles. The quantitative estimate of drug-likeness (QED) is 0.781. The van der Waals surface area contributed by atoms with E-state index in [-0.39, 0.29) is 17.3 Å². The highest BCUT2D eigenvalue weighted by Gasteiger charge is 2.59. The number of aryl methyl sites for hydroxylation is 1. The van der Waals surface area contributed by atoms with Crippen LogP contribution in [0.2, 0.25) is 0 Å². The summed E-state index contributed by atoms with van der Waals surface area (Å²) >= 11 is 0. The van der Waals surface area contributed by atoms with Crippen LogP contribution in [0.4, 0.5) is 5.82 Å². The zero-order chi connectivity index (χ0) is 15.3. The summed E-state index contributed by atoms with van der Waals surface area (Å²) in [5.41, 5.74) is 1.40. The highest BCUT2D eigenvalue weighted by Crippen LogP contribution is 2.60. The number of methoxy groups -OCH3 is 1. The number of rotatable bonds is 2. The van der Waals surface area contributed by atoms with Gasteiger partial charge in [0.25, 0.3) is 5.71 Å². The highest BCUT2D eigenvalue weighted by molar-refractivity contribution is 5.82. The molecule has 0 bridgehead atoms. The van der Waals surface area contributed by atoms with E-state index in [1.807, 2.05) is 6.92 Å². The summed E-state index contributed by atoms with van der Waals surface area (Å²) < 4.78 is 10.3. The number of oxazole rings is 1. The summed E-state index contributed by atoms with van der Waals surface area (Å²) in [6.45, 7) is 3.54. The van der Waals surface area contributed by atoms with Crippen LogP contribution in [0.1, 0.15) is 25.2 Å². The van der Waals surface area contributed by atoms with Gasteiger partial charge in [-0.1, -0.05) is 0 Å². The third kappa shape index (κ3) is 1.95. The molecule has 1 spiro atoms. The van der Waals surface area contributed by atoms with Crippen LogP contribution in [0.15, 0.2) is 10.7 Å². The number of hydrogen-bond donors (Lipinski definition) is 0. The van der Waals surface area contributed by atoms with Gasteiger partial charge in [-0.15, -0.1) is 0 Å². The monoisotopic (exact) mass is 302 g/mol. The molecule has 2 aromatic rings. The van der Waals surface area contributed by atoms with Crippen molar-refractivity contribution >= 4 is 23.0 Å². The molecular weight excluding hydrogens is 284 g/mol. The van der Waals surface area contributed by atoms with Crippen molar-refractivity contribution in [2.75, 3.05) is 25.1 Å². The number of hydrogen-bond acceptors (Lipinski definition) is 7. The number of ether oxygens (including phenoxy) is 1. The molecule has 7 heteroatoms. The largest absolute Gasteiger partial charge is 0.469 e. The number of fused-ring (bicyclic) bond motifs is 1. The molecule has 0 radical (unpaired) electrons. The van der Waals surface area contributed by atoms with Gasteiger partial charge in [-0.2, -0.15) is 4.98 Å². The van der Waals surface area contributed by atoms with Gasteiger partial charge in [0.15, 0.2) is 17.2 Å². The lowest BCUT2D eigenvalue weighted by molar-refractivity contribution is -0.143. The van der Waals surface area contributed by atoms with Crippen molar-refractivity contribution in [2.45, 2.75) is 26.2 Å². The van der Waals surface area contributed by atoms with Crippen molar-refractivity contribution in [3.8, 4) is 0 Å². The minimum atomic E-state index is -0.0648.